The molecule has 2 heterocycles. The Morgan fingerprint density at radius 2 is 0.851 bits per heavy atom. The van der Waals surface area contributed by atoms with Crippen molar-refractivity contribution in [3.63, 3.8) is 0 Å². The molecule has 9 rings (SSSR count). The molecule has 0 atom stereocenters. The molecule has 0 aromatic heterocycles. The summed E-state index contributed by atoms with van der Waals surface area (Å²) < 4.78 is 13.7. The van der Waals surface area contributed by atoms with Crippen LogP contribution in [0.4, 0.5) is 11.4 Å². The lowest BCUT2D eigenvalue weighted by molar-refractivity contribution is 0.468. The Kier molecular flexibility index (Phi) is 6.19. The normalized spacial score (nSPS) is 12.3. The number of hydrogen-bond acceptors (Lipinski definition) is 4. The topological polar surface area (TPSA) is 70.5 Å². The van der Waals surface area contributed by atoms with Gasteiger partial charge in [-0.05, 0) is 62.0 Å². The molecule has 4 N–H and O–H groups in total. The number of para-hydroxylation sites is 1. The Morgan fingerprint density at radius 3 is 1.43 bits per heavy atom. The largest absolute Gasteiger partial charge is 0.456 e. The molecule has 0 saturated carbocycles. The SMILES string of the molecule is Nc1c2c3c(c(N)c1-c1ccccc1)Oc1cc(-c4ccccc4)c(-c4ccccc4)c(-c4ccccc4)c1B3c1ccccc1O2. The summed E-state index contributed by atoms with van der Waals surface area (Å²) in [5, 5.41) is 0. The zero-order chi connectivity index (χ0) is 31.5. The summed E-state index contributed by atoms with van der Waals surface area (Å²) in [6, 6.07) is 52.1. The highest BCUT2D eigenvalue weighted by Crippen LogP contribution is 2.51. The second-order valence-electron chi connectivity index (χ2n) is 12.0. The summed E-state index contributed by atoms with van der Waals surface area (Å²) in [5.74, 6) is 2.71. The molecule has 0 aliphatic carbocycles. The molecule has 0 spiro atoms. The van der Waals surface area contributed by atoms with E-state index in [0.29, 0.717) is 28.4 Å². The lowest BCUT2D eigenvalue weighted by Gasteiger charge is -2.37. The second-order valence-corrected chi connectivity index (χ2v) is 12.0. The first-order valence-electron chi connectivity index (χ1n) is 15.8. The van der Waals surface area contributed by atoms with E-state index in [-0.39, 0.29) is 6.71 Å². The predicted molar refractivity (Wildman–Crippen MR) is 195 cm³/mol. The minimum Gasteiger partial charge on any atom is -0.456 e. The number of rotatable bonds is 4. The highest BCUT2D eigenvalue weighted by atomic mass is 16.5. The van der Waals surface area contributed by atoms with Crippen molar-refractivity contribution in [1.29, 1.82) is 0 Å². The average molecular weight is 605 g/mol. The standard InChI is InChI=1S/C42H29BN2O2/c44-39-36(29-21-11-4-12-22-29)40(45)42-38-41(39)46-32-24-14-13-23-31(32)43(38)37-33(47-42)25-30(26-15-5-1-6-16-26)34(27-17-7-2-8-18-27)35(37)28-19-9-3-10-20-28/h1-25H,44-45H2. The average Bonchev–Trinajstić information content (AvgIpc) is 3.14. The summed E-state index contributed by atoms with van der Waals surface area (Å²) in [4.78, 5) is 0. The van der Waals surface area contributed by atoms with Gasteiger partial charge >= 0.3 is 0 Å². The molecular formula is C42H29BN2O2. The van der Waals surface area contributed by atoms with E-state index in [1.165, 1.54) is 0 Å². The maximum atomic E-state index is 7.08. The monoisotopic (exact) mass is 604 g/mol. The van der Waals surface area contributed by atoms with E-state index in [4.69, 9.17) is 20.9 Å². The number of benzene rings is 7. The Hall–Kier alpha value is -6.20. The van der Waals surface area contributed by atoms with Crippen LogP contribution in [0.3, 0.4) is 0 Å². The van der Waals surface area contributed by atoms with Crippen molar-refractivity contribution in [2.45, 2.75) is 0 Å². The van der Waals surface area contributed by atoms with Crippen LogP contribution in [-0.4, -0.2) is 6.71 Å². The summed E-state index contributed by atoms with van der Waals surface area (Å²) >= 11 is 0. The third kappa shape index (κ3) is 4.17. The smallest absolute Gasteiger partial charge is 0.261 e. The molecule has 47 heavy (non-hydrogen) atoms. The van der Waals surface area contributed by atoms with Crippen LogP contribution in [0.2, 0.25) is 0 Å². The van der Waals surface area contributed by atoms with Gasteiger partial charge in [-0.2, -0.15) is 0 Å². The number of fused-ring (bicyclic) bond motifs is 4. The molecule has 0 radical (unpaired) electrons. The van der Waals surface area contributed by atoms with E-state index in [0.717, 1.165) is 66.8 Å². The van der Waals surface area contributed by atoms with E-state index in [1.54, 1.807) is 0 Å². The predicted octanol–water partition coefficient (Wildman–Crippen LogP) is 8.25. The van der Waals surface area contributed by atoms with Gasteiger partial charge < -0.3 is 20.9 Å². The van der Waals surface area contributed by atoms with Gasteiger partial charge in [0, 0.05) is 11.0 Å². The summed E-state index contributed by atoms with van der Waals surface area (Å²) in [5.41, 5.74) is 26.4. The minimum atomic E-state index is -0.245. The van der Waals surface area contributed by atoms with Gasteiger partial charge in [-0.1, -0.05) is 140 Å². The molecule has 5 heteroatoms. The molecule has 0 saturated heterocycles. The highest BCUT2D eigenvalue weighted by Gasteiger charge is 2.45. The molecule has 222 valence electrons. The van der Waals surface area contributed by atoms with Crippen LogP contribution in [0, 0.1) is 0 Å². The molecule has 2 aliphatic rings. The third-order valence-corrected chi connectivity index (χ3v) is 9.35. The van der Waals surface area contributed by atoms with Gasteiger partial charge in [-0.25, -0.2) is 0 Å². The van der Waals surface area contributed by atoms with Crippen LogP contribution < -0.4 is 37.3 Å². The van der Waals surface area contributed by atoms with Crippen molar-refractivity contribution >= 4 is 34.5 Å². The Bertz CT molecular complexity index is 2310. The van der Waals surface area contributed by atoms with Crippen molar-refractivity contribution in [2.75, 3.05) is 11.5 Å². The maximum Gasteiger partial charge on any atom is 0.261 e. The van der Waals surface area contributed by atoms with Crippen molar-refractivity contribution in [1.82, 2.24) is 0 Å². The first-order chi connectivity index (χ1) is 23.2. The number of nitrogen functional groups attached to an aromatic ring is 2. The van der Waals surface area contributed by atoms with Crippen LogP contribution in [-0.2, 0) is 0 Å². The molecule has 2 aliphatic heterocycles. The van der Waals surface area contributed by atoms with Crippen molar-refractivity contribution in [2.24, 2.45) is 0 Å². The van der Waals surface area contributed by atoms with Gasteiger partial charge in [0.25, 0.3) is 6.71 Å². The fourth-order valence-electron chi connectivity index (χ4n) is 7.35. The van der Waals surface area contributed by atoms with Gasteiger partial charge in [0.15, 0.2) is 0 Å². The third-order valence-electron chi connectivity index (χ3n) is 9.35. The van der Waals surface area contributed by atoms with Gasteiger partial charge in [0.1, 0.15) is 23.0 Å². The molecule has 0 unspecified atom stereocenters. The Balaban J connectivity index is 1.45. The summed E-state index contributed by atoms with van der Waals surface area (Å²) in [6.07, 6.45) is 0. The number of nitrogens with two attached hydrogens (primary N) is 2. The first-order valence-corrected chi connectivity index (χ1v) is 15.8. The zero-order valence-corrected chi connectivity index (χ0v) is 25.5. The molecule has 4 nitrogen and oxygen atoms in total. The van der Waals surface area contributed by atoms with Gasteiger partial charge in [0.2, 0.25) is 0 Å². The lowest BCUT2D eigenvalue weighted by atomic mass is 9.33. The molecule has 0 amide bonds. The van der Waals surface area contributed by atoms with Gasteiger partial charge in [0.05, 0.1) is 11.4 Å². The molecular weight excluding hydrogens is 575 g/mol. The minimum absolute atomic E-state index is 0.245. The zero-order valence-electron chi connectivity index (χ0n) is 25.5. The Labute approximate surface area is 273 Å². The fraction of sp³-hybridized carbons (Fsp3) is 0. The molecule has 0 bridgehead atoms. The summed E-state index contributed by atoms with van der Waals surface area (Å²) in [7, 11) is 0. The van der Waals surface area contributed by atoms with E-state index >= 15 is 0 Å². The van der Waals surface area contributed by atoms with E-state index in [2.05, 4.69) is 103 Å². The molecule has 7 aromatic carbocycles. The second kappa shape index (κ2) is 10.7. The number of hydrogen-bond donors (Lipinski definition) is 2. The number of anilines is 2. The van der Waals surface area contributed by atoms with E-state index in [1.807, 2.05) is 48.5 Å². The first kappa shape index (κ1) is 27.1. The fourth-order valence-corrected chi connectivity index (χ4v) is 7.35. The quantitative estimate of drug-likeness (QED) is 0.157. The van der Waals surface area contributed by atoms with Gasteiger partial charge in [-0.15, -0.1) is 0 Å². The maximum absolute atomic E-state index is 7.08. The van der Waals surface area contributed by atoms with Crippen molar-refractivity contribution < 1.29 is 9.47 Å². The number of ether oxygens (including phenoxy) is 2. The van der Waals surface area contributed by atoms with Crippen molar-refractivity contribution in [3.05, 3.63) is 152 Å². The molecule has 0 fully saturated rings. The van der Waals surface area contributed by atoms with Crippen molar-refractivity contribution in [3.8, 4) is 67.5 Å². The van der Waals surface area contributed by atoms with Gasteiger partial charge in [-0.3, -0.25) is 0 Å². The van der Waals surface area contributed by atoms with Crippen LogP contribution in [0.25, 0.3) is 44.5 Å². The summed E-state index contributed by atoms with van der Waals surface area (Å²) in [6.45, 7) is -0.245. The van der Waals surface area contributed by atoms with Crippen LogP contribution >= 0.6 is 0 Å². The Morgan fingerprint density at radius 1 is 0.404 bits per heavy atom. The van der Waals surface area contributed by atoms with Crippen LogP contribution in [0.5, 0.6) is 23.0 Å². The van der Waals surface area contributed by atoms with Crippen LogP contribution in [0.1, 0.15) is 0 Å². The van der Waals surface area contributed by atoms with E-state index < -0.39 is 0 Å². The lowest BCUT2D eigenvalue weighted by Crippen LogP contribution is -2.58. The van der Waals surface area contributed by atoms with E-state index in [9.17, 15) is 0 Å². The molecule has 7 aromatic rings. The highest BCUT2D eigenvalue weighted by molar-refractivity contribution is 6.99. The van der Waals surface area contributed by atoms with Crippen LogP contribution in [0.15, 0.2) is 152 Å².